The van der Waals surface area contributed by atoms with Crippen LogP contribution < -0.4 is 19.7 Å². The molecule has 17 heteroatoms. The number of nitro benzene ring substituents is 1. The van der Waals surface area contributed by atoms with Crippen LogP contribution in [-0.2, 0) is 21.3 Å². The van der Waals surface area contributed by atoms with Crippen molar-refractivity contribution in [2.24, 2.45) is 0 Å². The minimum atomic E-state index is -4.28. The molecule has 6 aromatic rings. The molecular weight excluding hydrogens is 875 g/mol. The second kappa shape index (κ2) is 22.1. The molecule has 0 radical (unpaired) electrons. The SMILES string of the molecule is CN(C)CC[C@H](CSc1ccccc1)Nc1ccc(S(=O)(=O)Nc2ncnc3cc(N4CCN(Cc5ccccc5-c5ccc(OCCN6CCOCC6)cc5)CC4)ccc23)cc1[N+](=O)[O-]. The summed E-state index contributed by atoms with van der Waals surface area (Å²) in [5, 5.41) is 16.2. The number of aromatic nitrogens is 2. The smallest absolute Gasteiger partial charge is 0.293 e. The summed E-state index contributed by atoms with van der Waals surface area (Å²) < 4.78 is 41.7. The van der Waals surface area contributed by atoms with Crippen LogP contribution in [0.15, 0.2) is 131 Å². The molecule has 0 bridgehead atoms. The van der Waals surface area contributed by atoms with Crippen molar-refractivity contribution in [1.82, 2.24) is 24.7 Å². The molecule has 66 heavy (non-hydrogen) atoms. The fraction of sp³-hybridized carbons (Fsp3) is 0.347. The predicted molar refractivity (Wildman–Crippen MR) is 263 cm³/mol. The highest BCUT2D eigenvalue weighted by atomic mass is 32.2. The molecule has 2 aliphatic heterocycles. The van der Waals surface area contributed by atoms with Gasteiger partial charge in [0.15, 0.2) is 5.82 Å². The Morgan fingerprint density at radius 1 is 0.864 bits per heavy atom. The molecule has 346 valence electrons. The number of piperazine rings is 1. The Kier molecular flexibility index (Phi) is 15.6. The number of hydrogen-bond acceptors (Lipinski definition) is 14. The van der Waals surface area contributed by atoms with E-state index in [1.807, 2.05) is 62.6 Å². The number of hydrogen-bond donors (Lipinski definition) is 2. The van der Waals surface area contributed by atoms with E-state index in [1.165, 1.54) is 29.6 Å². The lowest BCUT2D eigenvalue weighted by molar-refractivity contribution is -0.384. The minimum absolute atomic E-state index is 0.0903. The van der Waals surface area contributed by atoms with E-state index in [-0.39, 0.29) is 28.1 Å². The number of morpholine rings is 1. The number of nitrogens with one attached hydrogen (secondary N) is 2. The van der Waals surface area contributed by atoms with Crippen LogP contribution in [0.1, 0.15) is 12.0 Å². The Bertz CT molecular complexity index is 2660. The van der Waals surface area contributed by atoms with Gasteiger partial charge in [-0.15, -0.1) is 11.8 Å². The monoisotopic (exact) mass is 931 g/mol. The second-order valence-electron chi connectivity index (χ2n) is 16.8. The summed E-state index contributed by atoms with van der Waals surface area (Å²) in [6.45, 7) is 9.94. The molecule has 8 rings (SSSR count). The second-order valence-corrected chi connectivity index (χ2v) is 19.5. The van der Waals surface area contributed by atoms with Gasteiger partial charge in [0.05, 0.1) is 28.5 Å². The molecule has 0 aliphatic carbocycles. The molecule has 0 spiro atoms. The maximum atomic E-state index is 13.8. The van der Waals surface area contributed by atoms with E-state index >= 15 is 0 Å². The van der Waals surface area contributed by atoms with E-state index in [1.54, 1.807) is 11.8 Å². The molecule has 5 aromatic carbocycles. The van der Waals surface area contributed by atoms with Gasteiger partial charge in [-0.2, -0.15) is 0 Å². The van der Waals surface area contributed by atoms with Gasteiger partial charge in [-0.05, 0) is 98.3 Å². The quantitative estimate of drug-likeness (QED) is 0.0439. The van der Waals surface area contributed by atoms with Crippen molar-refractivity contribution in [2.45, 2.75) is 28.8 Å². The molecule has 1 atom stereocenters. The molecule has 2 aliphatic rings. The van der Waals surface area contributed by atoms with Gasteiger partial charge >= 0.3 is 0 Å². The van der Waals surface area contributed by atoms with Crippen molar-refractivity contribution < 1.29 is 22.8 Å². The molecule has 2 N–H and O–H groups in total. The van der Waals surface area contributed by atoms with Crippen molar-refractivity contribution in [3.05, 3.63) is 137 Å². The van der Waals surface area contributed by atoms with Crippen LogP contribution in [-0.4, -0.2) is 136 Å². The number of rotatable bonds is 20. The Balaban J connectivity index is 0.884. The molecular formula is C49H57N9O6S2. The largest absolute Gasteiger partial charge is 0.492 e. The average molecular weight is 932 g/mol. The van der Waals surface area contributed by atoms with E-state index < -0.39 is 14.9 Å². The predicted octanol–water partition coefficient (Wildman–Crippen LogP) is 7.56. The first kappa shape index (κ1) is 46.7. The molecule has 0 unspecified atom stereocenters. The number of nitrogens with zero attached hydrogens (tertiary/aromatic N) is 7. The van der Waals surface area contributed by atoms with Crippen LogP contribution in [0.25, 0.3) is 22.0 Å². The van der Waals surface area contributed by atoms with Gasteiger partial charge in [0.25, 0.3) is 15.7 Å². The van der Waals surface area contributed by atoms with Gasteiger partial charge in [0.1, 0.15) is 24.4 Å². The third-order valence-corrected chi connectivity index (χ3v) is 14.4. The van der Waals surface area contributed by atoms with Gasteiger partial charge in [-0.25, -0.2) is 18.4 Å². The van der Waals surface area contributed by atoms with Crippen LogP contribution in [0.3, 0.4) is 0 Å². The maximum Gasteiger partial charge on any atom is 0.293 e. The first-order valence-corrected chi connectivity index (χ1v) is 24.8. The molecule has 2 fully saturated rings. The molecule has 15 nitrogen and oxygen atoms in total. The van der Waals surface area contributed by atoms with E-state index in [0.29, 0.717) is 23.3 Å². The average Bonchev–Trinajstić information content (AvgIpc) is 3.33. The lowest BCUT2D eigenvalue weighted by atomic mass is 9.99. The summed E-state index contributed by atoms with van der Waals surface area (Å²) in [6, 6.07) is 36.5. The number of fused-ring (bicyclic) bond motifs is 1. The third-order valence-electron chi connectivity index (χ3n) is 11.9. The van der Waals surface area contributed by atoms with Gasteiger partial charge < -0.3 is 24.6 Å². The lowest BCUT2D eigenvalue weighted by Crippen LogP contribution is -2.46. The highest BCUT2D eigenvalue weighted by Crippen LogP contribution is 2.33. The highest BCUT2D eigenvalue weighted by Gasteiger charge is 2.25. The molecule has 2 saturated heterocycles. The van der Waals surface area contributed by atoms with Crippen molar-refractivity contribution >= 4 is 55.6 Å². The summed E-state index contributed by atoms with van der Waals surface area (Å²) in [7, 11) is -0.318. The van der Waals surface area contributed by atoms with Gasteiger partial charge in [0.2, 0.25) is 0 Å². The summed E-state index contributed by atoms with van der Waals surface area (Å²) >= 11 is 1.66. The molecule has 0 amide bonds. The first-order valence-electron chi connectivity index (χ1n) is 22.3. The van der Waals surface area contributed by atoms with Gasteiger partial charge in [0, 0.05) is 86.2 Å². The Hall–Kier alpha value is -5.82. The fourth-order valence-corrected chi connectivity index (χ4v) is 10.2. The molecule has 0 saturated carbocycles. The van der Waals surface area contributed by atoms with Crippen LogP contribution in [0.4, 0.5) is 22.9 Å². The van der Waals surface area contributed by atoms with Crippen LogP contribution in [0, 0.1) is 10.1 Å². The van der Waals surface area contributed by atoms with Gasteiger partial charge in [-0.1, -0.05) is 54.6 Å². The number of anilines is 3. The lowest BCUT2D eigenvalue weighted by Gasteiger charge is -2.36. The Labute approximate surface area is 391 Å². The minimum Gasteiger partial charge on any atom is -0.492 e. The summed E-state index contributed by atoms with van der Waals surface area (Å²) in [5.41, 5.74) is 5.12. The zero-order chi connectivity index (χ0) is 45.9. The standard InChI is InChI=1S/C49H57N9O6S2/c1-54(2)21-20-39(35-65-42-9-4-3-5-10-42)52-46-19-17-43(33-48(46)58(59)60)66(61,62)53-49-45-18-14-40(32-47(45)50-36-51-49)57-24-22-56(23-25-57)34-38-8-6-7-11-44(38)37-12-15-41(16-13-37)64-31-28-55-26-29-63-30-27-55/h3-19,32-33,36,39,52H,20-31,34-35H2,1-2H3,(H,50,51,53)/t39-/m1/s1. The van der Waals surface area contributed by atoms with Crippen molar-refractivity contribution in [1.29, 1.82) is 0 Å². The number of sulfonamides is 1. The summed E-state index contributed by atoms with van der Waals surface area (Å²) in [6.07, 6.45) is 2.05. The zero-order valence-electron chi connectivity index (χ0n) is 37.4. The Morgan fingerprint density at radius 2 is 1.62 bits per heavy atom. The van der Waals surface area contributed by atoms with Crippen LogP contribution in [0.2, 0.25) is 0 Å². The molecule has 1 aromatic heterocycles. The fourth-order valence-electron chi connectivity index (χ4n) is 8.20. The van der Waals surface area contributed by atoms with Crippen molar-refractivity contribution in [3.63, 3.8) is 0 Å². The number of ether oxygens (including phenoxy) is 2. The number of thioether (sulfide) groups is 1. The first-order chi connectivity index (χ1) is 32.1. The van der Waals surface area contributed by atoms with Crippen molar-refractivity contribution in [3.8, 4) is 16.9 Å². The number of nitro groups is 1. The van der Waals surface area contributed by atoms with Crippen LogP contribution >= 0.6 is 11.8 Å². The summed E-state index contributed by atoms with van der Waals surface area (Å²) in [4.78, 5) is 30.6. The Morgan fingerprint density at radius 3 is 2.38 bits per heavy atom. The zero-order valence-corrected chi connectivity index (χ0v) is 39.1. The topological polar surface area (TPSA) is 159 Å². The van der Waals surface area contributed by atoms with Crippen molar-refractivity contribution in [2.75, 3.05) is 107 Å². The van der Waals surface area contributed by atoms with Crippen LogP contribution in [0.5, 0.6) is 5.75 Å². The summed E-state index contributed by atoms with van der Waals surface area (Å²) in [5.74, 6) is 1.62. The van der Waals surface area contributed by atoms with Gasteiger partial charge in [-0.3, -0.25) is 24.6 Å². The normalized spacial score (nSPS) is 15.5. The molecule has 3 heterocycles. The maximum absolute atomic E-state index is 13.8. The van der Waals surface area contributed by atoms with E-state index in [2.05, 4.69) is 88.1 Å². The van der Waals surface area contributed by atoms with E-state index in [4.69, 9.17) is 9.47 Å². The van der Waals surface area contributed by atoms with E-state index in [9.17, 15) is 18.5 Å². The van der Waals surface area contributed by atoms with E-state index in [0.717, 1.165) is 106 Å². The highest BCUT2D eigenvalue weighted by molar-refractivity contribution is 7.99. The number of benzene rings is 5. The third kappa shape index (κ3) is 12.3.